The van der Waals surface area contributed by atoms with Crippen LogP contribution < -0.4 is 15.5 Å². The minimum absolute atomic E-state index is 0.0107. The van der Waals surface area contributed by atoms with E-state index in [-0.39, 0.29) is 12.2 Å². The molecule has 2 aliphatic heterocycles. The molecule has 0 saturated heterocycles. The molecule has 3 heteroatoms. The van der Waals surface area contributed by atoms with Crippen LogP contribution in [-0.4, -0.2) is 0 Å². The molecule has 294 valence electrons. The van der Waals surface area contributed by atoms with Gasteiger partial charge in [-0.15, -0.1) is 0 Å². The summed E-state index contributed by atoms with van der Waals surface area (Å²) in [5.41, 5.74) is 20.5. The van der Waals surface area contributed by atoms with Gasteiger partial charge in [0.15, 0.2) is 0 Å². The smallest absolute Gasteiger partial charge is 0.104 e. The highest BCUT2D eigenvalue weighted by atomic mass is 15.2. The lowest BCUT2D eigenvalue weighted by Crippen LogP contribution is -2.39. The second-order valence-electron chi connectivity index (χ2n) is 16.5. The first-order valence-corrected chi connectivity index (χ1v) is 21.6. The van der Waals surface area contributed by atoms with Gasteiger partial charge in [-0.05, 0) is 109 Å². The summed E-state index contributed by atoms with van der Waals surface area (Å²) in [6.45, 7) is 0. The molecule has 3 nitrogen and oxygen atoms in total. The number of rotatable bonds is 6. The monoisotopic (exact) mass is 793 g/mol. The van der Waals surface area contributed by atoms with E-state index in [2.05, 4.69) is 252 Å². The quantitative estimate of drug-likeness (QED) is 0.176. The molecular formula is C59H43N3. The van der Waals surface area contributed by atoms with E-state index in [0.717, 1.165) is 11.4 Å². The van der Waals surface area contributed by atoms with Crippen molar-refractivity contribution >= 4 is 22.8 Å². The van der Waals surface area contributed by atoms with Crippen molar-refractivity contribution in [1.29, 1.82) is 0 Å². The number of anilines is 3. The molecule has 0 bridgehead atoms. The van der Waals surface area contributed by atoms with Crippen LogP contribution in [0, 0.1) is 0 Å². The molecule has 3 aliphatic rings. The molecule has 62 heavy (non-hydrogen) atoms. The first kappa shape index (κ1) is 36.2. The number of para-hydroxylation sites is 3. The number of benzene rings is 9. The normalized spacial score (nSPS) is 16.6. The van der Waals surface area contributed by atoms with Gasteiger partial charge in [-0.25, -0.2) is 0 Å². The highest BCUT2D eigenvalue weighted by Gasteiger charge is 2.51. The lowest BCUT2D eigenvalue weighted by Gasteiger charge is -2.45. The minimum Gasteiger partial charge on any atom is -0.366 e. The number of fused-ring (bicyclic) bond motifs is 9. The van der Waals surface area contributed by atoms with E-state index in [1.165, 1.54) is 83.7 Å². The van der Waals surface area contributed by atoms with E-state index < -0.39 is 5.41 Å². The van der Waals surface area contributed by atoms with Crippen molar-refractivity contribution in [3.8, 4) is 33.4 Å². The molecule has 0 aromatic heterocycles. The summed E-state index contributed by atoms with van der Waals surface area (Å²) < 4.78 is 0. The SMILES string of the molecule is C1=C(c2ccc(-c3ccc(-c4ccc5c(c4)C4(c6ccccc6-5)c5ccccc5N(c5ccccc5)c5ccccc54)cc3)cc2)NC(c2ccccc2)NC1c1ccccc1. The molecular weight excluding hydrogens is 751 g/mol. The van der Waals surface area contributed by atoms with E-state index in [1.807, 2.05) is 0 Å². The van der Waals surface area contributed by atoms with Crippen LogP contribution in [0.1, 0.15) is 51.2 Å². The Morgan fingerprint density at radius 2 is 0.839 bits per heavy atom. The van der Waals surface area contributed by atoms with Crippen molar-refractivity contribution in [3.05, 3.63) is 276 Å². The van der Waals surface area contributed by atoms with Gasteiger partial charge in [-0.2, -0.15) is 0 Å². The third-order valence-electron chi connectivity index (χ3n) is 13.2. The van der Waals surface area contributed by atoms with Crippen molar-refractivity contribution in [2.45, 2.75) is 17.6 Å². The van der Waals surface area contributed by atoms with E-state index >= 15 is 0 Å². The van der Waals surface area contributed by atoms with Crippen LogP contribution in [0.25, 0.3) is 39.1 Å². The number of hydrogen-bond acceptors (Lipinski definition) is 3. The Kier molecular flexibility index (Phi) is 8.62. The average Bonchev–Trinajstić information content (AvgIpc) is 3.65. The summed E-state index contributed by atoms with van der Waals surface area (Å²) in [5, 5.41) is 7.59. The Morgan fingerprint density at radius 3 is 1.47 bits per heavy atom. The van der Waals surface area contributed by atoms with E-state index in [1.54, 1.807) is 0 Å². The van der Waals surface area contributed by atoms with E-state index in [0.29, 0.717) is 0 Å². The third-order valence-corrected chi connectivity index (χ3v) is 13.2. The average molecular weight is 794 g/mol. The Balaban J connectivity index is 0.901. The summed E-state index contributed by atoms with van der Waals surface area (Å²) in [6, 6.07) is 84.4. The molecule has 2 atom stereocenters. The van der Waals surface area contributed by atoms with Gasteiger partial charge in [-0.1, -0.05) is 200 Å². The zero-order valence-corrected chi connectivity index (χ0v) is 34.1. The molecule has 1 aliphatic carbocycles. The van der Waals surface area contributed by atoms with Gasteiger partial charge in [0.25, 0.3) is 0 Å². The van der Waals surface area contributed by atoms with Gasteiger partial charge >= 0.3 is 0 Å². The Hall–Kier alpha value is -7.72. The maximum Gasteiger partial charge on any atom is 0.104 e. The van der Waals surface area contributed by atoms with Gasteiger partial charge in [-0.3, -0.25) is 5.32 Å². The topological polar surface area (TPSA) is 27.3 Å². The summed E-state index contributed by atoms with van der Waals surface area (Å²) in [4.78, 5) is 2.44. The molecule has 0 radical (unpaired) electrons. The molecule has 9 aromatic rings. The van der Waals surface area contributed by atoms with Gasteiger partial charge in [0.05, 0.1) is 22.8 Å². The molecule has 2 N–H and O–H groups in total. The molecule has 2 unspecified atom stereocenters. The van der Waals surface area contributed by atoms with Crippen LogP contribution >= 0.6 is 0 Å². The van der Waals surface area contributed by atoms with Gasteiger partial charge in [0.2, 0.25) is 0 Å². The van der Waals surface area contributed by atoms with Crippen molar-refractivity contribution in [2.24, 2.45) is 0 Å². The highest BCUT2D eigenvalue weighted by molar-refractivity contribution is 5.96. The van der Waals surface area contributed by atoms with E-state index in [9.17, 15) is 0 Å². The van der Waals surface area contributed by atoms with Crippen LogP contribution in [0.15, 0.2) is 237 Å². The summed E-state index contributed by atoms with van der Waals surface area (Å²) in [6.07, 6.45) is 2.30. The zero-order valence-electron chi connectivity index (χ0n) is 34.1. The number of nitrogens with zero attached hydrogens (tertiary/aromatic N) is 1. The second-order valence-corrected chi connectivity index (χ2v) is 16.5. The van der Waals surface area contributed by atoms with Gasteiger partial charge in [0, 0.05) is 11.4 Å². The van der Waals surface area contributed by atoms with Crippen LogP contribution in [0.5, 0.6) is 0 Å². The van der Waals surface area contributed by atoms with Crippen LogP contribution in [-0.2, 0) is 5.41 Å². The van der Waals surface area contributed by atoms with Crippen LogP contribution in [0.4, 0.5) is 17.1 Å². The lowest BCUT2D eigenvalue weighted by atomic mass is 9.64. The third kappa shape index (κ3) is 5.78. The highest BCUT2D eigenvalue weighted by Crippen LogP contribution is 2.63. The zero-order chi connectivity index (χ0) is 41.0. The predicted molar refractivity (Wildman–Crippen MR) is 255 cm³/mol. The van der Waals surface area contributed by atoms with Gasteiger partial charge < -0.3 is 10.2 Å². The fourth-order valence-electron chi connectivity index (χ4n) is 10.3. The molecule has 9 aromatic carbocycles. The van der Waals surface area contributed by atoms with Crippen molar-refractivity contribution in [1.82, 2.24) is 10.6 Å². The Bertz CT molecular complexity index is 3070. The fraction of sp³-hybridized carbons (Fsp3) is 0.0508. The number of hydrogen-bond donors (Lipinski definition) is 2. The molecule has 0 fully saturated rings. The summed E-state index contributed by atoms with van der Waals surface area (Å²) >= 11 is 0. The predicted octanol–water partition coefficient (Wildman–Crippen LogP) is 14.1. The van der Waals surface area contributed by atoms with E-state index in [4.69, 9.17) is 0 Å². The van der Waals surface area contributed by atoms with Crippen molar-refractivity contribution < 1.29 is 0 Å². The summed E-state index contributed by atoms with van der Waals surface area (Å²) in [7, 11) is 0. The molecule has 2 heterocycles. The lowest BCUT2D eigenvalue weighted by molar-refractivity contribution is 0.442. The molecule has 12 rings (SSSR count). The molecule has 0 saturated carbocycles. The summed E-state index contributed by atoms with van der Waals surface area (Å²) in [5.74, 6) is 0. The number of nitrogens with one attached hydrogen (secondary N) is 2. The minimum atomic E-state index is -0.483. The van der Waals surface area contributed by atoms with Crippen molar-refractivity contribution in [3.63, 3.8) is 0 Å². The molecule has 0 amide bonds. The largest absolute Gasteiger partial charge is 0.366 e. The van der Waals surface area contributed by atoms with Gasteiger partial charge in [0.1, 0.15) is 6.17 Å². The maximum atomic E-state index is 3.80. The second kappa shape index (κ2) is 14.8. The maximum absolute atomic E-state index is 3.80. The van der Waals surface area contributed by atoms with Crippen LogP contribution in [0.2, 0.25) is 0 Å². The van der Waals surface area contributed by atoms with Crippen molar-refractivity contribution in [2.75, 3.05) is 4.90 Å². The first-order valence-electron chi connectivity index (χ1n) is 21.6. The standard InChI is InChI=1S/C59H43N3/c1-4-16-43(17-5-1)54-39-55(61-58(60-54)45-18-6-2-7-19-45)44-34-32-41(33-35-44)40-28-30-42(31-29-40)46-36-37-49-48-22-10-11-23-50(48)59(53(49)38-46)51-24-12-14-26-56(51)62(47-20-8-3-9-21-47)57-27-15-13-25-52(57)59/h1-39,54,58,60-61H. The molecule has 1 spiro atoms. The van der Waals surface area contributed by atoms with Crippen LogP contribution in [0.3, 0.4) is 0 Å². The fourth-order valence-corrected chi connectivity index (χ4v) is 10.3. The first-order chi connectivity index (χ1) is 30.7. The Morgan fingerprint density at radius 1 is 0.371 bits per heavy atom. The Labute approximate surface area is 363 Å².